The van der Waals surface area contributed by atoms with Crippen LogP contribution >= 0.6 is 0 Å². The summed E-state index contributed by atoms with van der Waals surface area (Å²) in [5.41, 5.74) is 2.20. The SMILES string of the molecule is COc1ccc(C2=NC(=Cc3ccc(F)cc3)C(=O)N2c2ccc(O)cc2)cc1. The summed E-state index contributed by atoms with van der Waals surface area (Å²) < 4.78 is 18.4. The highest BCUT2D eigenvalue weighted by Gasteiger charge is 2.32. The zero-order chi connectivity index (χ0) is 20.4. The molecular weight excluding hydrogens is 371 g/mol. The van der Waals surface area contributed by atoms with Gasteiger partial charge in [-0.2, -0.15) is 0 Å². The van der Waals surface area contributed by atoms with Crippen LogP contribution in [0.4, 0.5) is 10.1 Å². The number of aromatic hydroxyl groups is 1. The molecule has 0 saturated heterocycles. The minimum atomic E-state index is -0.349. The fourth-order valence-electron chi connectivity index (χ4n) is 3.01. The lowest BCUT2D eigenvalue weighted by atomic mass is 10.1. The van der Waals surface area contributed by atoms with Crippen molar-refractivity contribution in [3.8, 4) is 11.5 Å². The van der Waals surface area contributed by atoms with Gasteiger partial charge >= 0.3 is 0 Å². The molecule has 0 aliphatic carbocycles. The number of carbonyl (C=O) groups is 1. The smallest absolute Gasteiger partial charge is 0.282 e. The summed E-state index contributed by atoms with van der Waals surface area (Å²) in [6.45, 7) is 0. The molecule has 4 rings (SSSR count). The van der Waals surface area contributed by atoms with Gasteiger partial charge < -0.3 is 9.84 Å². The maximum Gasteiger partial charge on any atom is 0.282 e. The molecule has 5 nitrogen and oxygen atoms in total. The van der Waals surface area contributed by atoms with Crippen LogP contribution in [0.5, 0.6) is 11.5 Å². The van der Waals surface area contributed by atoms with Crippen molar-refractivity contribution in [3.05, 3.63) is 95.4 Å². The predicted octanol–water partition coefficient (Wildman–Crippen LogP) is 4.37. The normalized spacial score (nSPS) is 15.0. The number of anilines is 1. The van der Waals surface area contributed by atoms with E-state index in [9.17, 15) is 14.3 Å². The molecule has 0 radical (unpaired) electrons. The van der Waals surface area contributed by atoms with Gasteiger partial charge in [0.25, 0.3) is 5.91 Å². The Bertz CT molecular complexity index is 1100. The van der Waals surface area contributed by atoms with Gasteiger partial charge in [0.15, 0.2) is 0 Å². The zero-order valence-electron chi connectivity index (χ0n) is 15.5. The van der Waals surface area contributed by atoms with Crippen molar-refractivity contribution in [2.45, 2.75) is 0 Å². The van der Waals surface area contributed by atoms with E-state index in [1.165, 1.54) is 29.2 Å². The van der Waals surface area contributed by atoms with E-state index in [0.717, 1.165) is 5.56 Å². The van der Waals surface area contributed by atoms with E-state index in [0.29, 0.717) is 22.8 Å². The van der Waals surface area contributed by atoms with Crippen LogP contribution < -0.4 is 9.64 Å². The topological polar surface area (TPSA) is 62.1 Å². The molecule has 0 aromatic heterocycles. The van der Waals surface area contributed by atoms with Crippen LogP contribution in [0.1, 0.15) is 11.1 Å². The lowest BCUT2D eigenvalue weighted by molar-refractivity contribution is -0.113. The van der Waals surface area contributed by atoms with E-state index < -0.39 is 0 Å². The fourth-order valence-corrected chi connectivity index (χ4v) is 3.01. The van der Waals surface area contributed by atoms with Gasteiger partial charge in [-0.05, 0) is 72.3 Å². The standard InChI is InChI=1S/C23H17FN2O3/c1-29-20-12-4-16(5-13-20)22-25-21(14-15-2-6-17(24)7-3-15)23(28)26(22)18-8-10-19(27)11-9-18/h2-14,27H,1H3. The van der Waals surface area contributed by atoms with Crippen molar-refractivity contribution < 1.29 is 19.0 Å². The van der Waals surface area contributed by atoms with Crippen LogP contribution in [-0.4, -0.2) is 24.0 Å². The van der Waals surface area contributed by atoms with E-state index in [1.54, 1.807) is 49.6 Å². The number of ether oxygens (including phenoxy) is 1. The number of phenolic OH excluding ortho intramolecular Hbond substituents is 1. The molecule has 1 aliphatic rings. The molecule has 0 atom stereocenters. The molecule has 1 aliphatic heterocycles. The fraction of sp³-hybridized carbons (Fsp3) is 0.0435. The van der Waals surface area contributed by atoms with Crippen LogP contribution in [0.25, 0.3) is 6.08 Å². The number of nitrogens with zero attached hydrogens (tertiary/aromatic N) is 2. The number of carbonyl (C=O) groups excluding carboxylic acids is 1. The molecule has 3 aromatic carbocycles. The molecule has 144 valence electrons. The van der Waals surface area contributed by atoms with Gasteiger partial charge in [-0.15, -0.1) is 0 Å². The van der Waals surface area contributed by atoms with Crippen molar-refractivity contribution in [1.82, 2.24) is 0 Å². The van der Waals surface area contributed by atoms with Gasteiger partial charge in [0.05, 0.1) is 12.8 Å². The van der Waals surface area contributed by atoms with E-state index in [2.05, 4.69) is 4.99 Å². The van der Waals surface area contributed by atoms with Crippen molar-refractivity contribution in [2.24, 2.45) is 4.99 Å². The van der Waals surface area contributed by atoms with Gasteiger partial charge in [0.2, 0.25) is 0 Å². The second kappa shape index (κ2) is 7.59. The second-order valence-electron chi connectivity index (χ2n) is 6.40. The van der Waals surface area contributed by atoms with Gasteiger partial charge in [-0.25, -0.2) is 9.38 Å². The number of halogens is 1. The molecule has 0 bridgehead atoms. The van der Waals surface area contributed by atoms with E-state index >= 15 is 0 Å². The van der Waals surface area contributed by atoms with Crippen molar-refractivity contribution in [1.29, 1.82) is 0 Å². The summed E-state index contributed by atoms with van der Waals surface area (Å²) in [6.07, 6.45) is 1.62. The van der Waals surface area contributed by atoms with E-state index in [-0.39, 0.29) is 23.2 Å². The first kappa shape index (κ1) is 18.4. The third-order valence-corrected chi connectivity index (χ3v) is 4.49. The highest BCUT2D eigenvalue weighted by molar-refractivity contribution is 6.33. The Labute approximate surface area is 167 Å². The van der Waals surface area contributed by atoms with Crippen LogP contribution in [0.2, 0.25) is 0 Å². The minimum absolute atomic E-state index is 0.102. The Morgan fingerprint density at radius 1 is 0.966 bits per heavy atom. The molecule has 6 heteroatoms. The Kier molecular flexibility index (Phi) is 4.83. The summed E-state index contributed by atoms with van der Waals surface area (Å²) in [5.74, 6) is 0.586. The monoisotopic (exact) mass is 388 g/mol. The summed E-state index contributed by atoms with van der Waals surface area (Å²) in [7, 11) is 1.58. The average molecular weight is 388 g/mol. The number of benzene rings is 3. The molecule has 29 heavy (non-hydrogen) atoms. The number of amides is 1. The lowest BCUT2D eigenvalue weighted by Gasteiger charge is -2.18. The number of amidine groups is 1. The molecule has 1 amide bonds. The molecule has 0 spiro atoms. The average Bonchev–Trinajstić information content (AvgIpc) is 3.06. The van der Waals surface area contributed by atoms with E-state index in [4.69, 9.17) is 4.74 Å². The number of aliphatic imine (C=N–C) groups is 1. The van der Waals surface area contributed by atoms with Crippen molar-refractivity contribution >= 4 is 23.5 Å². The van der Waals surface area contributed by atoms with Crippen molar-refractivity contribution in [3.63, 3.8) is 0 Å². The van der Waals surface area contributed by atoms with Gasteiger partial charge in [-0.1, -0.05) is 12.1 Å². The molecule has 0 fully saturated rings. The number of hydrogen-bond acceptors (Lipinski definition) is 4. The quantitative estimate of drug-likeness (QED) is 0.675. The number of hydrogen-bond donors (Lipinski definition) is 1. The van der Waals surface area contributed by atoms with Gasteiger partial charge in [-0.3, -0.25) is 9.69 Å². The Balaban J connectivity index is 1.79. The first-order chi connectivity index (χ1) is 14.0. The van der Waals surface area contributed by atoms with Crippen LogP contribution in [0.15, 0.2) is 83.5 Å². The first-order valence-electron chi connectivity index (χ1n) is 8.89. The maximum absolute atomic E-state index is 13.2. The van der Waals surface area contributed by atoms with Crippen LogP contribution in [0.3, 0.4) is 0 Å². The number of phenols is 1. The predicted molar refractivity (Wildman–Crippen MR) is 110 cm³/mol. The Morgan fingerprint density at radius 3 is 2.24 bits per heavy atom. The summed E-state index contributed by atoms with van der Waals surface area (Å²) in [5, 5.41) is 9.59. The molecular formula is C23H17FN2O3. The largest absolute Gasteiger partial charge is 0.508 e. The van der Waals surface area contributed by atoms with Crippen LogP contribution in [-0.2, 0) is 4.79 Å². The summed E-state index contributed by atoms with van der Waals surface area (Å²) in [4.78, 5) is 19.2. The second-order valence-corrected chi connectivity index (χ2v) is 6.40. The first-order valence-corrected chi connectivity index (χ1v) is 8.89. The van der Waals surface area contributed by atoms with Crippen molar-refractivity contribution in [2.75, 3.05) is 12.0 Å². The summed E-state index contributed by atoms with van der Waals surface area (Å²) >= 11 is 0. The molecule has 3 aromatic rings. The lowest BCUT2D eigenvalue weighted by Crippen LogP contribution is -2.32. The van der Waals surface area contributed by atoms with Gasteiger partial charge in [0, 0.05) is 5.56 Å². The summed E-state index contributed by atoms with van der Waals surface area (Å²) in [6, 6.07) is 19.4. The highest BCUT2D eigenvalue weighted by atomic mass is 19.1. The maximum atomic E-state index is 13.2. The van der Waals surface area contributed by atoms with Gasteiger partial charge in [0.1, 0.15) is 28.8 Å². The Morgan fingerprint density at radius 2 is 1.62 bits per heavy atom. The zero-order valence-corrected chi connectivity index (χ0v) is 15.5. The number of methoxy groups -OCH3 is 1. The van der Waals surface area contributed by atoms with Crippen LogP contribution in [0, 0.1) is 5.82 Å². The molecule has 0 unspecified atom stereocenters. The van der Waals surface area contributed by atoms with E-state index in [1.807, 2.05) is 12.1 Å². The molecule has 1 N–H and O–H groups in total. The third-order valence-electron chi connectivity index (χ3n) is 4.49. The highest BCUT2D eigenvalue weighted by Crippen LogP contribution is 2.29. The molecule has 1 heterocycles. The Hall–Kier alpha value is -3.93. The minimum Gasteiger partial charge on any atom is -0.508 e. The third kappa shape index (κ3) is 3.73. The molecule has 0 saturated carbocycles. The number of rotatable bonds is 4.